The SMILES string of the molecule is CCC(CC)(CO)CN(C)c1ccccc1. The van der Waals surface area contributed by atoms with Crippen molar-refractivity contribution in [3.05, 3.63) is 30.3 Å². The van der Waals surface area contributed by atoms with Gasteiger partial charge in [-0.1, -0.05) is 32.0 Å². The Bertz CT molecular complexity index is 285. The van der Waals surface area contributed by atoms with E-state index in [9.17, 15) is 5.11 Å². The molecule has 1 aromatic rings. The second-order valence-corrected chi connectivity index (χ2v) is 4.56. The minimum atomic E-state index is 0.0323. The maximum Gasteiger partial charge on any atom is 0.0504 e. The lowest BCUT2D eigenvalue weighted by Crippen LogP contribution is -2.37. The molecule has 0 atom stereocenters. The standard InChI is InChI=1S/C14H23NO/c1-4-14(5-2,12-16)11-15(3)13-9-7-6-8-10-13/h6-10,16H,4-5,11-12H2,1-3H3. The minimum absolute atomic E-state index is 0.0323. The van der Waals surface area contributed by atoms with Crippen molar-refractivity contribution in [2.45, 2.75) is 26.7 Å². The van der Waals surface area contributed by atoms with Crippen molar-refractivity contribution in [1.82, 2.24) is 0 Å². The number of benzene rings is 1. The fraction of sp³-hybridized carbons (Fsp3) is 0.571. The van der Waals surface area contributed by atoms with E-state index in [1.807, 2.05) is 18.2 Å². The van der Waals surface area contributed by atoms with E-state index in [-0.39, 0.29) is 12.0 Å². The highest BCUT2D eigenvalue weighted by Gasteiger charge is 2.26. The number of anilines is 1. The Kier molecular flexibility index (Phi) is 4.81. The first-order valence-corrected chi connectivity index (χ1v) is 6.04. The van der Waals surface area contributed by atoms with E-state index in [2.05, 4.69) is 37.9 Å². The number of aliphatic hydroxyl groups excluding tert-OH is 1. The molecule has 0 saturated heterocycles. The summed E-state index contributed by atoms with van der Waals surface area (Å²) in [5.74, 6) is 0. The van der Waals surface area contributed by atoms with Gasteiger partial charge in [0, 0.05) is 24.7 Å². The Morgan fingerprint density at radius 2 is 1.69 bits per heavy atom. The lowest BCUT2D eigenvalue weighted by molar-refractivity contribution is 0.121. The fourth-order valence-electron chi connectivity index (χ4n) is 2.02. The molecule has 0 saturated carbocycles. The van der Waals surface area contributed by atoms with E-state index in [0.29, 0.717) is 0 Å². The molecule has 0 fully saturated rings. The first kappa shape index (κ1) is 13.0. The van der Waals surface area contributed by atoms with Crippen LogP contribution in [-0.2, 0) is 0 Å². The first-order chi connectivity index (χ1) is 7.67. The molecule has 0 spiro atoms. The van der Waals surface area contributed by atoms with Gasteiger partial charge in [0.1, 0.15) is 0 Å². The van der Waals surface area contributed by atoms with Crippen molar-refractivity contribution >= 4 is 5.69 Å². The molecule has 1 rings (SSSR count). The number of aliphatic hydroxyl groups is 1. The number of para-hydroxylation sites is 1. The van der Waals surface area contributed by atoms with Gasteiger partial charge < -0.3 is 10.0 Å². The molecular weight excluding hydrogens is 198 g/mol. The quantitative estimate of drug-likeness (QED) is 0.798. The molecule has 16 heavy (non-hydrogen) atoms. The smallest absolute Gasteiger partial charge is 0.0504 e. The largest absolute Gasteiger partial charge is 0.396 e. The van der Waals surface area contributed by atoms with Gasteiger partial charge in [0.05, 0.1) is 6.61 Å². The Hall–Kier alpha value is -1.02. The third-order valence-corrected chi connectivity index (χ3v) is 3.60. The van der Waals surface area contributed by atoms with Gasteiger partial charge in [0.25, 0.3) is 0 Å². The van der Waals surface area contributed by atoms with Crippen LogP contribution in [0.25, 0.3) is 0 Å². The molecule has 0 aromatic heterocycles. The topological polar surface area (TPSA) is 23.5 Å². The molecule has 1 N–H and O–H groups in total. The second-order valence-electron chi connectivity index (χ2n) is 4.56. The maximum absolute atomic E-state index is 9.55. The molecular formula is C14H23NO. The predicted octanol–water partition coefficient (Wildman–Crippen LogP) is 2.92. The molecule has 0 unspecified atom stereocenters. The van der Waals surface area contributed by atoms with Crippen LogP contribution in [0.5, 0.6) is 0 Å². The number of hydrogen-bond acceptors (Lipinski definition) is 2. The van der Waals surface area contributed by atoms with E-state index in [4.69, 9.17) is 0 Å². The summed E-state index contributed by atoms with van der Waals surface area (Å²) in [5.41, 5.74) is 1.24. The molecule has 2 heteroatoms. The summed E-state index contributed by atoms with van der Waals surface area (Å²) in [6.07, 6.45) is 2.02. The zero-order valence-electron chi connectivity index (χ0n) is 10.6. The summed E-state index contributed by atoms with van der Waals surface area (Å²) in [6.45, 7) is 5.47. The molecule has 0 aliphatic heterocycles. The average Bonchev–Trinajstić information content (AvgIpc) is 2.37. The molecule has 90 valence electrons. The van der Waals surface area contributed by atoms with Gasteiger partial charge >= 0.3 is 0 Å². The number of rotatable bonds is 6. The Morgan fingerprint density at radius 3 is 2.12 bits per heavy atom. The summed E-state index contributed by atoms with van der Waals surface area (Å²) in [6, 6.07) is 10.3. The lowest BCUT2D eigenvalue weighted by Gasteiger charge is -2.35. The first-order valence-electron chi connectivity index (χ1n) is 6.04. The zero-order valence-corrected chi connectivity index (χ0v) is 10.6. The summed E-state index contributed by atoms with van der Waals surface area (Å²) >= 11 is 0. The van der Waals surface area contributed by atoms with Crippen LogP contribution in [0, 0.1) is 5.41 Å². The summed E-state index contributed by atoms with van der Waals surface area (Å²) in [4.78, 5) is 2.23. The molecule has 0 heterocycles. The third-order valence-electron chi connectivity index (χ3n) is 3.60. The highest BCUT2D eigenvalue weighted by Crippen LogP contribution is 2.28. The van der Waals surface area contributed by atoms with Crippen LogP contribution < -0.4 is 4.90 Å². The van der Waals surface area contributed by atoms with Gasteiger partial charge in [0.15, 0.2) is 0 Å². The second kappa shape index (κ2) is 5.90. The van der Waals surface area contributed by atoms with Crippen molar-refractivity contribution in [3.8, 4) is 0 Å². The van der Waals surface area contributed by atoms with Gasteiger partial charge in [-0.2, -0.15) is 0 Å². The molecule has 0 aliphatic carbocycles. The highest BCUT2D eigenvalue weighted by atomic mass is 16.3. The Morgan fingerprint density at radius 1 is 1.12 bits per heavy atom. The van der Waals surface area contributed by atoms with Crippen LogP contribution in [0.15, 0.2) is 30.3 Å². The van der Waals surface area contributed by atoms with E-state index in [1.165, 1.54) is 5.69 Å². The van der Waals surface area contributed by atoms with Crippen molar-refractivity contribution in [3.63, 3.8) is 0 Å². The van der Waals surface area contributed by atoms with Crippen LogP contribution >= 0.6 is 0 Å². The lowest BCUT2D eigenvalue weighted by atomic mass is 9.82. The van der Waals surface area contributed by atoms with E-state index >= 15 is 0 Å². The molecule has 0 amide bonds. The highest BCUT2D eigenvalue weighted by molar-refractivity contribution is 5.45. The number of nitrogens with zero attached hydrogens (tertiary/aromatic N) is 1. The Labute approximate surface area is 98.9 Å². The predicted molar refractivity (Wildman–Crippen MR) is 69.8 cm³/mol. The van der Waals surface area contributed by atoms with Crippen molar-refractivity contribution in [1.29, 1.82) is 0 Å². The van der Waals surface area contributed by atoms with Crippen molar-refractivity contribution in [2.24, 2.45) is 5.41 Å². The Balaban J connectivity index is 2.73. The zero-order chi connectivity index (χ0) is 12.0. The maximum atomic E-state index is 9.55. The third kappa shape index (κ3) is 2.99. The average molecular weight is 221 g/mol. The fourth-order valence-corrected chi connectivity index (χ4v) is 2.02. The molecule has 2 nitrogen and oxygen atoms in total. The normalized spacial score (nSPS) is 11.5. The molecule has 0 bridgehead atoms. The van der Waals surface area contributed by atoms with Crippen LogP contribution in [0.4, 0.5) is 5.69 Å². The monoisotopic (exact) mass is 221 g/mol. The van der Waals surface area contributed by atoms with Crippen LogP contribution in [0.1, 0.15) is 26.7 Å². The van der Waals surface area contributed by atoms with E-state index in [0.717, 1.165) is 19.4 Å². The van der Waals surface area contributed by atoms with Crippen LogP contribution in [0.2, 0.25) is 0 Å². The summed E-state index contributed by atoms with van der Waals surface area (Å²) in [5, 5.41) is 9.55. The molecule has 1 aromatic carbocycles. The number of hydrogen-bond donors (Lipinski definition) is 1. The minimum Gasteiger partial charge on any atom is -0.396 e. The van der Waals surface area contributed by atoms with Crippen LogP contribution in [0.3, 0.4) is 0 Å². The van der Waals surface area contributed by atoms with Gasteiger partial charge in [0.2, 0.25) is 0 Å². The van der Waals surface area contributed by atoms with Crippen molar-refractivity contribution < 1.29 is 5.11 Å². The van der Waals surface area contributed by atoms with E-state index < -0.39 is 0 Å². The van der Waals surface area contributed by atoms with Crippen LogP contribution in [-0.4, -0.2) is 25.3 Å². The molecule has 0 radical (unpaired) electrons. The van der Waals surface area contributed by atoms with Gasteiger partial charge in [-0.15, -0.1) is 0 Å². The van der Waals surface area contributed by atoms with E-state index in [1.54, 1.807) is 0 Å². The van der Waals surface area contributed by atoms with Crippen molar-refractivity contribution in [2.75, 3.05) is 25.1 Å². The van der Waals surface area contributed by atoms with Gasteiger partial charge in [-0.3, -0.25) is 0 Å². The van der Waals surface area contributed by atoms with Gasteiger partial charge in [-0.25, -0.2) is 0 Å². The summed E-state index contributed by atoms with van der Waals surface area (Å²) < 4.78 is 0. The molecule has 0 aliphatic rings. The van der Waals surface area contributed by atoms with Gasteiger partial charge in [-0.05, 0) is 25.0 Å². The summed E-state index contributed by atoms with van der Waals surface area (Å²) in [7, 11) is 2.09.